The maximum Gasteiger partial charge on any atom is 0.255 e. The molecule has 1 amide bonds. The molecule has 5 heteroatoms. The van der Waals surface area contributed by atoms with E-state index in [4.69, 9.17) is 10.7 Å². The second kappa shape index (κ2) is 6.00. The quantitative estimate of drug-likeness (QED) is 0.712. The topological polar surface area (TPSA) is 75.0 Å². The van der Waals surface area contributed by atoms with Crippen molar-refractivity contribution in [3.8, 4) is 0 Å². The number of hydrogen-bond acceptors (Lipinski definition) is 3. The number of anilines is 1. The summed E-state index contributed by atoms with van der Waals surface area (Å²) in [6.45, 7) is 1.44. The van der Waals surface area contributed by atoms with Crippen molar-refractivity contribution in [2.75, 3.05) is 18.8 Å². The van der Waals surface area contributed by atoms with Crippen LogP contribution in [0, 0.1) is 0 Å². The number of fused-ring (bicyclic) bond motifs is 1. The van der Waals surface area contributed by atoms with Gasteiger partial charge in [0, 0.05) is 24.7 Å². The molecular weight excluding hydrogens is 300 g/mol. The predicted molar refractivity (Wildman–Crippen MR) is 94.8 cm³/mol. The van der Waals surface area contributed by atoms with E-state index in [1.807, 2.05) is 41.3 Å². The van der Waals surface area contributed by atoms with Gasteiger partial charge in [-0.3, -0.25) is 4.79 Å². The fraction of sp³-hybridized carbons (Fsp3) is 0.263. The number of imidazole rings is 1. The SMILES string of the molecule is Nc1ccccc1C(=O)N1CCCC(c2nc3ccccc3[nH]2)C1. The Kier molecular flexibility index (Phi) is 3.69. The molecule has 1 atom stereocenters. The summed E-state index contributed by atoms with van der Waals surface area (Å²) in [7, 11) is 0. The Hall–Kier alpha value is -2.82. The van der Waals surface area contributed by atoms with Gasteiger partial charge in [-0.15, -0.1) is 0 Å². The number of nitrogens with one attached hydrogen (secondary N) is 1. The van der Waals surface area contributed by atoms with Gasteiger partial charge in [-0.1, -0.05) is 24.3 Å². The Balaban J connectivity index is 1.57. The molecule has 5 nitrogen and oxygen atoms in total. The van der Waals surface area contributed by atoms with E-state index in [0.717, 1.165) is 36.2 Å². The van der Waals surface area contributed by atoms with Gasteiger partial charge in [0.1, 0.15) is 5.82 Å². The molecule has 3 aromatic rings. The molecule has 24 heavy (non-hydrogen) atoms. The van der Waals surface area contributed by atoms with Crippen molar-refractivity contribution in [3.63, 3.8) is 0 Å². The van der Waals surface area contributed by atoms with E-state index in [-0.39, 0.29) is 11.8 Å². The molecule has 0 aliphatic carbocycles. The van der Waals surface area contributed by atoms with Gasteiger partial charge in [0.25, 0.3) is 5.91 Å². The first-order chi connectivity index (χ1) is 11.7. The Morgan fingerprint density at radius 3 is 2.79 bits per heavy atom. The summed E-state index contributed by atoms with van der Waals surface area (Å²) >= 11 is 0. The number of aromatic amines is 1. The second-order valence-electron chi connectivity index (χ2n) is 6.32. The van der Waals surface area contributed by atoms with Crippen LogP contribution in [0.1, 0.15) is 34.9 Å². The number of amides is 1. The lowest BCUT2D eigenvalue weighted by atomic mass is 9.96. The minimum Gasteiger partial charge on any atom is -0.398 e. The van der Waals surface area contributed by atoms with Gasteiger partial charge >= 0.3 is 0 Å². The summed E-state index contributed by atoms with van der Waals surface area (Å²) in [5.74, 6) is 1.21. The van der Waals surface area contributed by atoms with Crippen molar-refractivity contribution < 1.29 is 4.79 Å². The molecule has 0 saturated carbocycles. The highest BCUT2D eigenvalue weighted by Crippen LogP contribution is 2.28. The van der Waals surface area contributed by atoms with Crippen LogP contribution in [-0.4, -0.2) is 33.9 Å². The summed E-state index contributed by atoms with van der Waals surface area (Å²) < 4.78 is 0. The molecule has 2 heterocycles. The summed E-state index contributed by atoms with van der Waals surface area (Å²) in [4.78, 5) is 22.8. The number of nitrogens with two attached hydrogens (primary N) is 1. The molecule has 0 bridgehead atoms. The highest BCUT2D eigenvalue weighted by molar-refractivity contribution is 5.99. The van der Waals surface area contributed by atoms with Crippen LogP contribution in [0.15, 0.2) is 48.5 Å². The van der Waals surface area contributed by atoms with Gasteiger partial charge in [-0.2, -0.15) is 0 Å². The van der Waals surface area contributed by atoms with Gasteiger partial charge in [-0.25, -0.2) is 4.98 Å². The van der Waals surface area contributed by atoms with E-state index in [2.05, 4.69) is 4.98 Å². The second-order valence-corrected chi connectivity index (χ2v) is 6.32. The maximum atomic E-state index is 12.8. The zero-order chi connectivity index (χ0) is 16.5. The first-order valence-electron chi connectivity index (χ1n) is 8.31. The number of H-pyrrole nitrogens is 1. The van der Waals surface area contributed by atoms with Gasteiger partial charge in [0.15, 0.2) is 0 Å². The zero-order valence-corrected chi connectivity index (χ0v) is 13.4. The number of likely N-dealkylation sites (tertiary alicyclic amines) is 1. The lowest BCUT2D eigenvalue weighted by molar-refractivity contribution is 0.0706. The normalized spacial score (nSPS) is 18.0. The number of aromatic nitrogens is 2. The van der Waals surface area contributed by atoms with Crippen LogP contribution < -0.4 is 5.73 Å². The average Bonchev–Trinajstić information content (AvgIpc) is 3.06. The van der Waals surface area contributed by atoms with E-state index in [0.29, 0.717) is 17.8 Å². The lowest BCUT2D eigenvalue weighted by Gasteiger charge is -2.32. The van der Waals surface area contributed by atoms with Crippen LogP contribution in [0.25, 0.3) is 11.0 Å². The van der Waals surface area contributed by atoms with Crippen LogP contribution in [0.5, 0.6) is 0 Å². The minimum atomic E-state index is 0.00825. The summed E-state index contributed by atoms with van der Waals surface area (Å²) in [6.07, 6.45) is 2.01. The fourth-order valence-corrected chi connectivity index (χ4v) is 3.41. The molecule has 1 saturated heterocycles. The molecular formula is C19H20N4O. The van der Waals surface area contributed by atoms with Crippen LogP contribution in [-0.2, 0) is 0 Å². The number of carbonyl (C=O) groups excluding carboxylic acids is 1. The van der Waals surface area contributed by atoms with E-state index in [9.17, 15) is 4.79 Å². The monoisotopic (exact) mass is 320 g/mol. The maximum absolute atomic E-state index is 12.8. The van der Waals surface area contributed by atoms with E-state index in [1.165, 1.54) is 0 Å². The molecule has 0 radical (unpaired) electrons. The first-order valence-corrected chi connectivity index (χ1v) is 8.31. The van der Waals surface area contributed by atoms with E-state index >= 15 is 0 Å². The third-order valence-corrected chi connectivity index (χ3v) is 4.69. The number of nitrogens with zero attached hydrogens (tertiary/aromatic N) is 2. The Bertz CT molecular complexity index is 853. The van der Waals surface area contributed by atoms with Crippen molar-refractivity contribution in [2.24, 2.45) is 0 Å². The largest absolute Gasteiger partial charge is 0.398 e. The number of rotatable bonds is 2. The van der Waals surface area contributed by atoms with Crippen LogP contribution >= 0.6 is 0 Å². The van der Waals surface area contributed by atoms with Crippen LogP contribution in [0.3, 0.4) is 0 Å². The molecule has 4 rings (SSSR count). The number of piperidine rings is 1. The standard InChI is InChI=1S/C19H20N4O/c20-15-8-2-1-7-14(15)19(24)23-11-5-6-13(12-23)18-21-16-9-3-4-10-17(16)22-18/h1-4,7-10,13H,5-6,11-12,20H2,(H,21,22). The highest BCUT2D eigenvalue weighted by Gasteiger charge is 2.28. The van der Waals surface area contributed by atoms with E-state index in [1.54, 1.807) is 12.1 Å². The molecule has 1 unspecified atom stereocenters. The van der Waals surface area contributed by atoms with Crippen molar-refractivity contribution in [1.82, 2.24) is 14.9 Å². The molecule has 1 aromatic heterocycles. The third-order valence-electron chi connectivity index (χ3n) is 4.69. The Morgan fingerprint density at radius 2 is 1.96 bits per heavy atom. The van der Waals surface area contributed by atoms with Crippen molar-refractivity contribution in [2.45, 2.75) is 18.8 Å². The molecule has 1 fully saturated rings. The van der Waals surface area contributed by atoms with Gasteiger partial charge in [0.2, 0.25) is 0 Å². The molecule has 122 valence electrons. The minimum absolute atomic E-state index is 0.00825. The average molecular weight is 320 g/mol. The smallest absolute Gasteiger partial charge is 0.255 e. The van der Waals surface area contributed by atoms with Crippen LogP contribution in [0.4, 0.5) is 5.69 Å². The van der Waals surface area contributed by atoms with Crippen molar-refractivity contribution in [1.29, 1.82) is 0 Å². The third kappa shape index (κ3) is 2.62. The molecule has 0 spiro atoms. The number of hydrogen-bond donors (Lipinski definition) is 2. The van der Waals surface area contributed by atoms with Crippen LogP contribution in [0.2, 0.25) is 0 Å². The number of carbonyl (C=O) groups is 1. The molecule has 3 N–H and O–H groups in total. The number of nitrogen functional groups attached to an aromatic ring is 1. The Morgan fingerprint density at radius 1 is 1.17 bits per heavy atom. The number of benzene rings is 2. The first kappa shape index (κ1) is 14.8. The van der Waals surface area contributed by atoms with Crippen molar-refractivity contribution >= 4 is 22.6 Å². The predicted octanol–water partition coefficient (Wildman–Crippen LogP) is 3.16. The fourth-order valence-electron chi connectivity index (χ4n) is 3.41. The van der Waals surface area contributed by atoms with Gasteiger partial charge < -0.3 is 15.6 Å². The van der Waals surface area contributed by atoms with E-state index < -0.39 is 0 Å². The van der Waals surface area contributed by atoms with Gasteiger partial charge in [-0.05, 0) is 37.1 Å². The molecule has 1 aliphatic heterocycles. The van der Waals surface area contributed by atoms with Gasteiger partial charge in [0.05, 0.1) is 16.6 Å². The summed E-state index contributed by atoms with van der Waals surface area (Å²) in [5.41, 5.74) is 9.10. The Labute approximate surface area is 140 Å². The lowest BCUT2D eigenvalue weighted by Crippen LogP contribution is -2.39. The molecule has 1 aliphatic rings. The summed E-state index contributed by atoms with van der Waals surface area (Å²) in [6, 6.07) is 15.3. The summed E-state index contributed by atoms with van der Waals surface area (Å²) in [5, 5.41) is 0. The number of para-hydroxylation sites is 3. The zero-order valence-electron chi connectivity index (χ0n) is 13.4. The van der Waals surface area contributed by atoms with Crippen molar-refractivity contribution in [3.05, 3.63) is 59.9 Å². The molecule has 2 aromatic carbocycles. The highest BCUT2D eigenvalue weighted by atomic mass is 16.2.